The molecule has 0 saturated heterocycles. The molecule has 22 heavy (non-hydrogen) atoms. The van der Waals surface area contributed by atoms with Gasteiger partial charge in [0.1, 0.15) is 5.58 Å². The largest absolute Gasteiger partial charge is 0.453 e. The Bertz CT molecular complexity index is 877. The molecule has 2 nitrogen and oxygen atoms in total. The first kappa shape index (κ1) is 15.3. The highest BCUT2D eigenvalue weighted by atomic mass is 79.9. The zero-order chi connectivity index (χ0) is 15.7. The van der Waals surface area contributed by atoms with Crippen molar-refractivity contribution < 1.29 is 9.21 Å². The molecule has 0 N–H and O–H groups in total. The molecule has 2 aromatic carbocycles. The Morgan fingerprint density at radius 3 is 2.55 bits per heavy atom. The fourth-order valence-corrected chi connectivity index (χ4v) is 2.95. The molecule has 0 bridgehead atoms. The standard InChI is InChI=1S/C17H9BrCl2O2/c18-11-4-7-16-10(8-11)9-17(22-16)15(21)6-5-12-13(19)2-1-3-14(12)20/h1-9H/b6-5+. The molecule has 0 aliphatic heterocycles. The van der Waals surface area contributed by atoms with E-state index in [0.717, 1.165) is 9.86 Å². The van der Waals surface area contributed by atoms with Gasteiger partial charge in [-0.2, -0.15) is 0 Å². The second-order valence-corrected chi connectivity index (χ2v) is 6.36. The predicted molar refractivity (Wildman–Crippen MR) is 93.7 cm³/mol. The van der Waals surface area contributed by atoms with Gasteiger partial charge in [-0.05, 0) is 48.6 Å². The number of benzene rings is 2. The topological polar surface area (TPSA) is 30.2 Å². The van der Waals surface area contributed by atoms with Crippen LogP contribution < -0.4 is 0 Å². The van der Waals surface area contributed by atoms with Crippen LogP contribution in [0.2, 0.25) is 10.0 Å². The molecule has 0 spiro atoms. The number of fused-ring (bicyclic) bond motifs is 1. The summed E-state index contributed by atoms with van der Waals surface area (Å²) in [6.07, 6.45) is 3.00. The lowest BCUT2D eigenvalue weighted by atomic mass is 10.1. The molecule has 0 amide bonds. The van der Waals surface area contributed by atoms with Crippen LogP contribution in [0.5, 0.6) is 0 Å². The molecule has 1 aromatic heterocycles. The lowest BCUT2D eigenvalue weighted by Crippen LogP contribution is -1.90. The number of carbonyl (C=O) groups is 1. The first-order valence-electron chi connectivity index (χ1n) is 6.40. The van der Waals surface area contributed by atoms with Crippen LogP contribution in [0.25, 0.3) is 17.0 Å². The van der Waals surface area contributed by atoms with Crippen LogP contribution >= 0.6 is 39.1 Å². The van der Waals surface area contributed by atoms with Gasteiger partial charge in [0.2, 0.25) is 5.78 Å². The maximum absolute atomic E-state index is 12.2. The summed E-state index contributed by atoms with van der Waals surface area (Å²) in [4.78, 5) is 12.2. The van der Waals surface area contributed by atoms with Crippen molar-refractivity contribution in [3.8, 4) is 0 Å². The van der Waals surface area contributed by atoms with E-state index in [1.54, 1.807) is 30.3 Å². The maximum Gasteiger partial charge on any atom is 0.221 e. The summed E-state index contributed by atoms with van der Waals surface area (Å²) in [5.74, 6) is 0.0239. The van der Waals surface area contributed by atoms with Crippen molar-refractivity contribution in [3.05, 3.63) is 74.4 Å². The Kier molecular flexibility index (Phi) is 4.39. The zero-order valence-electron chi connectivity index (χ0n) is 11.1. The van der Waals surface area contributed by atoms with Crippen LogP contribution in [0.1, 0.15) is 16.1 Å². The Morgan fingerprint density at radius 1 is 1.09 bits per heavy atom. The van der Waals surface area contributed by atoms with Gasteiger partial charge < -0.3 is 4.42 Å². The van der Waals surface area contributed by atoms with Gasteiger partial charge in [-0.25, -0.2) is 0 Å². The molecule has 1 heterocycles. The van der Waals surface area contributed by atoms with E-state index in [9.17, 15) is 4.79 Å². The minimum atomic E-state index is -0.247. The maximum atomic E-state index is 12.2. The van der Waals surface area contributed by atoms with Gasteiger partial charge in [0.25, 0.3) is 0 Å². The van der Waals surface area contributed by atoms with Crippen molar-refractivity contribution in [2.24, 2.45) is 0 Å². The van der Waals surface area contributed by atoms with Gasteiger partial charge in [0.05, 0.1) is 0 Å². The summed E-state index contributed by atoms with van der Waals surface area (Å²) in [7, 11) is 0. The predicted octanol–water partition coefficient (Wildman–Crippen LogP) is 6.40. The third-order valence-electron chi connectivity index (χ3n) is 3.12. The van der Waals surface area contributed by atoms with Crippen LogP contribution in [0, 0.1) is 0 Å². The fourth-order valence-electron chi connectivity index (χ4n) is 2.05. The fraction of sp³-hybridized carbons (Fsp3) is 0. The first-order chi connectivity index (χ1) is 10.5. The number of furan rings is 1. The van der Waals surface area contributed by atoms with Crippen molar-refractivity contribution >= 4 is 62.0 Å². The molecule has 5 heteroatoms. The van der Waals surface area contributed by atoms with E-state index >= 15 is 0 Å². The first-order valence-corrected chi connectivity index (χ1v) is 7.95. The van der Waals surface area contributed by atoms with Gasteiger partial charge in [-0.3, -0.25) is 4.79 Å². The van der Waals surface area contributed by atoms with Crippen molar-refractivity contribution in [2.75, 3.05) is 0 Å². The molecule has 110 valence electrons. The Labute approximate surface area is 145 Å². The summed E-state index contributed by atoms with van der Waals surface area (Å²) in [5.41, 5.74) is 1.27. The minimum absolute atomic E-state index is 0.247. The van der Waals surface area contributed by atoms with E-state index in [-0.39, 0.29) is 11.5 Å². The number of halogens is 3. The highest BCUT2D eigenvalue weighted by Gasteiger charge is 2.10. The highest BCUT2D eigenvalue weighted by molar-refractivity contribution is 9.10. The zero-order valence-corrected chi connectivity index (χ0v) is 14.2. The van der Waals surface area contributed by atoms with E-state index in [4.69, 9.17) is 27.6 Å². The van der Waals surface area contributed by atoms with Crippen molar-refractivity contribution in [3.63, 3.8) is 0 Å². The number of ketones is 1. The number of rotatable bonds is 3. The number of allylic oxidation sites excluding steroid dienone is 1. The lowest BCUT2D eigenvalue weighted by molar-refractivity contribution is 0.102. The summed E-state index contributed by atoms with van der Waals surface area (Å²) >= 11 is 15.5. The molecule has 0 aliphatic rings. The van der Waals surface area contributed by atoms with E-state index in [1.165, 1.54) is 6.08 Å². The average Bonchev–Trinajstić information content (AvgIpc) is 2.89. The monoisotopic (exact) mass is 394 g/mol. The lowest BCUT2D eigenvalue weighted by Gasteiger charge is -2.00. The van der Waals surface area contributed by atoms with Crippen LogP contribution in [0.3, 0.4) is 0 Å². The van der Waals surface area contributed by atoms with Crippen LogP contribution in [-0.2, 0) is 0 Å². The van der Waals surface area contributed by atoms with Crippen LogP contribution in [0.15, 0.2) is 57.4 Å². The van der Waals surface area contributed by atoms with E-state index < -0.39 is 0 Å². The number of hydrogen-bond donors (Lipinski definition) is 0. The molecule has 0 fully saturated rings. The van der Waals surface area contributed by atoms with Gasteiger partial charge >= 0.3 is 0 Å². The summed E-state index contributed by atoms with van der Waals surface area (Å²) < 4.78 is 6.48. The van der Waals surface area contributed by atoms with Gasteiger partial charge in [-0.1, -0.05) is 45.2 Å². The van der Waals surface area contributed by atoms with Crippen molar-refractivity contribution in [2.45, 2.75) is 0 Å². The van der Waals surface area contributed by atoms with Gasteiger partial charge in [0, 0.05) is 25.5 Å². The highest BCUT2D eigenvalue weighted by Crippen LogP contribution is 2.27. The Balaban J connectivity index is 1.91. The third kappa shape index (κ3) is 3.12. The Morgan fingerprint density at radius 2 is 1.82 bits per heavy atom. The molecule has 0 atom stereocenters. The van der Waals surface area contributed by atoms with E-state index in [1.807, 2.05) is 18.2 Å². The van der Waals surface area contributed by atoms with Gasteiger partial charge in [0.15, 0.2) is 5.76 Å². The molecule has 0 aliphatic carbocycles. The molecular weight excluding hydrogens is 387 g/mol. The molecule has 3 aromatic rings. The SMILES string of the molecule is O=C(/C=C/c1c(Cl)cccc1Cl)c1cc2cc(Br)ccc2o1. The molecule has 0 unspecified atom stereocenters. The van der Waals surface area contributed by atoms with Crippen molar-refractivity contribution in [1.82, 2.24) is 0 Å². The van der Waals surface area contributed by atoms with Crippen LogP contribution in [-0.4, -0.2) is 5.78 Å². The summed E-state index contributed by atoms with van der Waals surface area (Å²) in [5, 5.41) is 1.84. The average molecular weight is 396 g/mol. The third-order valence-corrected chi connectivity index (χ3v) is 4.27. The molecule has 0 saturated carbocycles. The number of hydrogen-bond acceptors (Lipinski definition) is 2. The second-order valence-electron chi connectivity index (χ2n) is 4.63. The van der Waals surface area contributed by atoms with E-state index in [2.05, 4.69) is 15.9 Å². The summed E-state index contributed by atoms with van der Waals surface area (Å²) in [6, 6.07) is 12.5. The van der Waals surface area contributed by atoms with Gasteiger partial charge in [-0.15, -0.1) is 0 Å². The minimum Gasteiger partial charge on any atom is -0.453 e. The van der Waals surface area contributed by atoms with E-state index in [0.29, 0.717) is 21.2 Å². The molecule has 3 rings (SSSR count). The van der Waals surface area contributed by atoms with Crippen LogP contribution in [0.4, 0.5) is 0 Å². The Hall–Kier alpha value is -1.55. The summed E-state index contributed by atoms with van der Waals surface area (Å²) in [6.45, 7) is 0. The molecular formula is C17H9BrCl2O2. The van der Waals surface area contributed by atoms with Crippen molar-refractivity contribution in [1.29, 1.82) is 0 Å². The normalized spacial score (nSPS) is 11.4. The second kappa shape index (κ2) is 6.29. The number of carbonyl (C=O) groups excluding carboxylic acids is 1. The molecule has 0 radical (unpaired) electrons. The smallest absolute Gasteiger partial charge is 0.221 e. The quantitative estimate of drug-likeness (QED) is 0.379.